The van der Waals surface area contributed by atoms with Crippen molar-refractivity contribution < 1.29 is 9.47 Å². The number of rotatable bonds is 9. The largest absolute Gasteiger partial charge is 0.491 e. The first-order valence-electron chi connectivity index (χ1n) is 7.50. The Balaban J connectivity index is 2.68. The zero-order valence-corrected chi connectivity index (χ0v) is 13.5. The van der Waals surface area contributed by atoms with Crippen LogP contribution in [0, 0.1) is 5.92 Å². The maximum atomic E-state index is 5.83. The molecule has 2 unspecified atom stereocenters. The molecule has 3 heteroatoms. The lowest BCUT2D eigenvalue weighted by Gasteiger charge is -2.24. The third-order valence-electron chi connectivity index (χ3n) is 3.66. The second-order valence-corrected chi connectivity index (χ2v) is 5.71. The van der Waals surface area contributed by atoms with Gasteiger partial charge in [-0.3, -0.25) is 0 Å². The average Bonchev–Trinajstić information content (AvgIpc) is 2.44. The van der Waals surface area contributed by atoms with E-state index in [1.807, 2.05) is 12.1 Å². The van der Waals surface area contributed by atoms with Gasteiger partial charge in [0.25, 0.3) is 0 Å². The number of nitrogens with one attached hydrogen (secondary N) is 1. The zero-order chi connectivity index (χ0) is 15.0. The Kier molecular flexibility index (Phi) is 7.63. The summed E-state index contributed by atoms with van der Waals surface area (Å²) in [6.07, 6.45) is 0. The fourth-order valence-corrected chi connectivity index (χ4v) is 2.13. The quantitative estimate of drug-likeness (QED) is 0.702. The van der Waals surface area contributed by atoms with Gasteiger partial charge < -0.3 is 14.8 Å². The molecule has 0 fully saturated rings. The van der Waals surface area contributed by atoms with Crippen LogP contribution in [-0.4, -0.2) is 32.9 Å². The molecule has 0 aliphatic carbocycles. The molecular weight excluding hydrogens is 250 g/mol. The van der Waals surface area contributed by atoms with Gasteiger partial charge in [-0.1, -0.05) is 45.9 Å². The first kappa shape index (κ1) is 17.0. The molecule has 0 heterocycles. The van der Waals surface area contributed by atoms with Crippen LogP contribution in [0.5, 0.6) is 5.75 Å². The standard InChI is InChI=1S/C17H29NO2/c1-13(2)18-12-14(3)15(4)16-8-6-7-9-17(16)20-11-10-19-5/h6-9,13-15,18H,10-12H2,1-5H3. The summed E-state index contributed by atoms with van der Waals surface area (Å²) >= 11 is 0. The highest BCUT2D eigenvalue weighted by molar-refractivity contribution is 5.36. The molecular formula is C17H29NO2. The number of methoxy groups -OCH3 is 1. The van der Waals surface area contributed by atoms with E-state index in [2.05, 4.69) is 45.1 Å². The third-order valence-corrected chi connectivity index (χ3v) is 3.66. The molecule has 114 valence electrons. The molecule has 1 aromatic carbocycles. The van der Waals surface area contributed by atoms with Gasteiger partial charge in [-0.15, -0.1) is 0 Å². The number of para-hydroxylation sites is 1. The molecule has 0 spiro atoms. The van der Waals surface area contributed by atoms with E-state index in [-0.39, 0.29) is 0 Å². The second-order valence-electron chi connectivity index (χ2n) is 5.71. The van der Waals surface area contributed by atoms with Crippen molar-refractivity contribution in [2.24, 2.45) is 5.92 Å². The predicted octanol–water partition coefficient (Wildman–Crippen LogP) is 3.45. The lowest BCUT2D eigenvalue weighted by Crippen LogP contribution is -2.30. The van der Waals surface area contributed by atoms with Gasteiger partial charge in [-0.05, 0) is 30.0 Å². The van der Waals surface area contributed by atoms with Crippen LogP contribution in [0.3, 0.4) is 0 Å². The minimum atomic E-state index is 0.458. The summed E-state index contributed by atoms with van der Waals surface area (Å²) in [5.41, 5.74) is 1.28. The van der Waals surface area contributed by atoms with Crippen molar-refractivity contribution in [1.29, 1.82) is 0 Å². The molecule has 0 bridgehead atoms. The van der Waals surface area contributed by atoms with Crippen LogP contribution in [0.2, 0.25) is 0 Å². The fraction of sp³-hybridized carbons (Fsp3) is 0.647. The van der Waals surface area contributed by atoms with E-state index >= 15 is 0 Å². The SMILES string of the molecule is COCCOc1ccccc1C(C)C(C)CNC(C)C. The molecule has 0 saturated carbocycles. The molecule has 20 heavy (non-hydrogen) atoms. The van der Waals surface area contributed by atoms with Gasteiger partial charge in [0.15, 0.2) is 0 Å². The number of hydrogen-bond acceptors (Lipinski definition) is 3. The molecule has 0 aliphatic heterocycles. The van der Waals surface area contributed by atoms with E-state index in [1.54, 1.807) is 7.11 Å². The summed E-state index contributed by atoms with van der Waals surface area (Å²) in [4.78, 5) is 0. The van der Waals surface area contributed by atoms with Gasteiger partial charge in [0.2, 0.25) is 0 Å². The minimum Gasteiger partial charge on any atom is -0.491 e. The van der Waals surface area contributed by atoms with Gasteiger partial charge in [-0.2, -0.15) is 0 Å². The topological polar surface area (TPSA) is 30.5 Å². The average molecular weight is 279 g/mol. The second kappa shape index (κ2) is 8.98. The smallest absolute Gasteiger partial charge is 0.122 e. The Morgan fingerprint density at radius 2 is 1.75 bits per heavy atom. The minimum absolute atomic E-state index is 0.458. The van der Waals surface area contributed by atoms with Gasteiger partial charge in [0, 0.05) is 13.2 Å². The highest BCUT2D eigenvalue weighted by Gasteiger charge is 2.18. The van der Waals surface area contributed by atoms with Crippen LogP contribution in [0.15, 0.2) is 24.3 Å². The Bertz CT molecular complexity index is 379. The van der Waals surface area contributed by atoms with Gasteiger partial charge >= 0.3 is 0 Å². The predicted molar refractivity (Wildman–Crippen MR) is 84.5 cm³/mol. The van der Waals surface area contributed by atoms with Crippen LogP contribution < -0.4 is 10.1 Å². The molecule has 0 aromatic heterocycles. The first-order valence-corrected chi connectivity index (χ1v) is 7.50. The molecule has 0 radical (unpaired) electrons. The third kappa shape index (κ3) is 5.51. The number of benzene rings is 1. The van der Waals surface area contributed by atoms with E-state index < -0.39 is 0 Å². The summed E-state index contributed by atoms with van der Waals surface area (Å²) in [7, 11) is 1.69. The summed E-state index contributed by atoms with van der Waals surface area (Å²) in [6, 6.07) is 8.84. The fourth-order valence-electron chi connectivity index (χ4n) is 2.13. The van der Waals surface area contributed by atoms with Crippen molar-refractivity contribution in [3.05, 3.63) is 29.8 Å². The highest BCUT2D eigenvalue weighted by Crippen LogP contribution is 2.31. The lowest BCUT2D eigenvalue weighted by molar-refractivity contribution is 0.145. The Morgan fingerprint density at radius 3 is 2.40 bits per heavy atom. The van der Waals surface area contributed by atoms with Crippen molar-refractivity contribution in [1.82, 2.24) is 5.32 Å². The van der Waals surface area contributed by atoms with E-state index in [4.69, 9.17) is 9.47 Å². The molecule has 2 atom stereocenters. The summed E-state index contributed by atoms with van der Waals surface area (Å²) in [5.74, 6) is 2.00. The molecule has 3 nitrogen and oxygen atoms in total. The Labute approximate surface area is 123 Å². The zero-order valence-electron chi connectivity index (χ0n) is 13.5. The first-order chi connectivity index (χ1) is 9.56. The molecule has 1 rings (SSSR count). The normalized spacial score (nSPS) is 14.3. The lowest BCUT2D eigenvalue weighted by atomic mass is 9.88. The summed E-state index contributed by atoms with van der Waals surface area (Å²) in [6.45, 7) is 11.1. The van der Waals surface area contributed by atoms with Gasteiger partial charge in [0.1, 0.15) is 12.4 Å². The van der Waals surface area contributed by atoms with Crippen LogP contribution in [0.25, 0.3) is 0 Å². The Hall–Kier alpha value is -1.06. The van der Waals surface area contributed by atoms with Crippen LogP contribution in [0.4, 0.5) is 0 Å². The van der Waals surface area contributed by atoms with E-state index in [9.17, 15) is 0 Å². The van der Waals surface area contributed by atoms with E-state index in [0.29, 0.717) is 31.1 Å². The van der Waals surface area contributed by atoms with Gasteiger partial charge in [0.05, 0.1) is 6.61 Å². The van der Waals surface area contributed by atoms with Crippen molar-refractivity contribution in [3.63, 3.8) is 0 Å². The van der Waals surface area contributed by atoms with Crippen molar-refractivity contribution in [2.75, 3.05) is 26.9 Å². The van der Waals surface area contributed by atoms with Gasteiger partial charge in [-0.25, -0.2) is 0 Å². The van der Waals surface area contributed by atoms with E-state index in [1.165, 1.54) is 5.56 Å². The van der Waals surface area contributed by atoms with Crippen molar-refractivity contribution >= 4 is 0 Å². The van der Waals surface area contributed by atoms with Crippen molar-refractivity contribution in [3.8, 4) is 5.75 Å². The summed E-state index contributed by atoms with van der Waals surface area (Å²) < 4.78 is 10.9. The maximum absolute atomic E-state index is 5.83. The Morgan fingerprint density at radius 1 is 1.05 bits per heavy atom. The van der Waals surface area contributed by atoms with Crippen LogP contribution in [0.1, 0.15) is 39.2 Å². The molecule has 1 aromatic rings. The number of ether oxygens (including phenoxy) is 2. The number of hydrogen-bond donors (Lipinski definition) is 1. The van der Waals surface area contributed by atoms with Crippen LogP contribution in [-0.2, 0) is 4.74 Å². The monoisotopic (exact) mass is 279 g/mol. The highest BCUT2D eigenvalue weighted by atomic mass is 16.5. The van der Waals surface area contributed by atoms with Crippen molar-refractivity contribution in [2.45, 2.75) is 39.7 Å². The van der Waals surface area contributed by atoms with E-state index in [0.717, 1.165) is 12.3 Å². The molecule has 0 saturated heterocycles. The molecule has 0 aliphatic rings. The van der Waals surface area contributed by atoms with Crippen LogP contribution >= 0.6 is 0 Å². The summed E-state index contributed by atoms with van der Waals surface area (Å²) in [5, 5.41) is 3.51. The maximum Gasteiger partial charge on any atom is 0.122 e. The molecule has 1 N–H and O–H groups in total. The molecule has 0 amide bonds.